The molecule has 6 heteroatoms. The van der Waals surface area contributed by atoms with E-state index in [0.717, 1.165) is 5.56 Å². The molecule has 0 atom stereocenters. The molecule has 0 aliphatic carbocycles. The van der Waals surface area contributed by atoms with E-state index in [1.54, 1.807) is 18.3 Å². The summed E-state index contributed by atoms with van der Waals surface area (Å²) in [4.78, 5) is 14.7. The topological polar surface area (TPSA) is 85.4 Å². The Balaban J connectivity index is 2.11. The highest BCUT2D eigenvalue weighted by Gasteiger charge is 2.09. The number of benzene rings is 1. The molecule has 0 fully saturated rings. The predicted octanol–water partition coefficient (Wildman–Crippen LogP) is 2.59. The Hall–Kier alpha value is -2.27. The van der Waals surface area contributed by atoms with Crippen molar-refractivity contribution < 1.29 is 14.6 Å². The number of anilines is 1. The van der Waals surface area contributed by atoms with Gasteiger partial charge in [0.05, 0.1) is 10.6 Å². The third-order valence-corrected chi connectivity index (χ3v) is 2.84. The van der Waals surface area contributed by atoms with Crippen molar-refractivity contribution in [2.45, 2.75) is 6.61 Å². The SMILES string of the molecule is Nc1cc(OCc2ccncc2Cl)ccc1C(=O)O. The first-order valence-electron chi connectivity index (χ1n) is 5.42. The molecule has 0 bridgehead atoms. The lowest BCUT2D eigenvalue weighted by molar-refractivity contribution is 0.0698. The van der Waals surface area contributed by atoms with Gasteiger partial charge >= 0.3 is 5.97 Å². The van der Waals surface area contributed by atoms with Gasteiger partial charge in [0.2, 0.25) is 0 Å². The number of ether oxygens (including phenoxy) is 1. The highest BCUT2D eigenvalue weighted by atomic mass is 35.5. The number of carbonyl (C=O) groups is 1. The first-order valence-corrected chi connectivity index (χ1v) is 5.79. The summed E-state index contributed by atoms with van der Waals surface area (Å²) in [7, 11) is 0. The number of nitrogens with two attached hydrogens (primary N) is 1. The molecule has 2 aromatic rings. The zero-order valence-electron chi connectivity index (χ0n) is 9.84. The van der Waals surface area contributed by atoms with Crippen LogP contribution >= 0.6 is 11.6 Å². The number of halogens is 1. The van der Waals surface area contributed by atoms with Crippen molar-refractivity contribution in [1.82, 2.24) is 4.98 Å². The van der Waals surface area contributed by atoms with Gasteiger partial charge in [0.1, 0.15) is 12.4 Å². The van der Waals surface area contributed by atoms with E-state index in [9.17, 15) is 4.79 Å². The van der Waals surface area contributed by atoms with Gasteiger partial charge in [-0.2, -0.15) is 0 Å². The second kappa shape index (κ2) is 5.58. The standard InChI is InChI=1S/C13H11ClN2O3/c14-11-6-16-4-3-8(11)7-19-9-1-2-10(13(17)18)12(15)5-9/h1-6H,7,15H2,(H,17,18). The maximum atomic E-state index is 10.8. The first kappa shape index (κ1) is 13.2. The number of hydrogen-bond donors (Lipinski definition) is 2. The van der Waals surface area contributed by atoms with Crippen LogP contribution in [0.25, 0.3) is 0 Å². The molecular weight excluding hydrogens is 268 g/mol. The number of carboxylic acid groups (broad SMARTS) is 1. The monoisotopic (exact) mass is 278 g/mol. The zero-order chi connectivity index (χ0) is 13.8. The molecule has 0 amide bonds. The Morgan fingerprint density at radius 1 is 1.42 bits per heavy atom. The maximum absolute atomic E-state index is 10.8. The fourth-order valence-corrected chi connectivity index (χ4v) is 1.68. The molecule has 0 unspecified atom stereocenters. The molecule has 3 N–H and O–H groups in total. The largest absolute Gasteiger partial charge is 0.489 e. The number of nitrogens with zero attached hydrogens (tertiary/aromatic N) is 1. The molecule has 0 saturated heterocycles. The number of aromatic carboxylic acids is 1. The Morgan fingerprint density at radius 3 is 2.84 bits per heavy atom. The van der Waals surface area contributed by atoms with E-state index in [4.69, 9.17) is 27.2 Å². The average molecular weight is 279 g/mol. The van der Waals surface area contributed by atoms with Gasteiger partial charge in [-0.05, 0) is 18.2 Å². The molecule has 0 radical (unpaired) electrons. The molecule has 1 aromatic heterocycles. The summed E-state index contributed by atoms with van der Waals surface area (Å²) in [6, 6.07) is 6.17. The summed E-state index contributed by atoms with van der Waals surface area (Å²) in [5.74, 6) is -0.586. The number of aromatic nitrogens is 1. The highest BCUT2D eigenvalue weighted by Crippen LogP contribution is 2.22. The summed E-state index contributed by atoms with van der Waals surface area (Å²) in [6.45, 7) is 0.257. The average Bonchev–Trinajstić information content (AvgIpc) is 2.37. The summed E-state index contributed by atoms with van der Waals surface area (Å²) in [5, 5.41) is 9.37. The van der Waals surface area contributed by atoms with Crippen molar-refractivity contribution in [1.29, 1.82) is 0 Å². The lowest BCUT2D eigenvalue weighted by Gasteiger charge is -2.09. The lowest BCUT2D eigenvalue weighted by atomic mass is 10.2. The van der Waals surface area contributed by atoms with Crippen LogP contribution in [0.1, 0.15) is 15.9 Å². The van der Waals surface area contributed by atoms with Crippen LogP contribution < -0.4 is 10.5 Å². The third-order valence-electron chi connectivity index (χ3n) is 2.50. The normalized spacial score (nSPS) is 10.2. The molecule has 19 heavy (non-hydrogen) atoms. The molecule has 0 spiro atoms. The van der Waals surface area contributed by atoms with Gasteiger partial charge in [0, 0.05) is 29.7 Å². The predicted molar refractivity (Wildman–Crippen MR) is 71.4 cm³/mol. The van der Waals surface area contributed by atoms with Crippen LogP contribution in [0.3, 0.4) is 0 Å². The van der Waals surface area contributed by atoms with Crippen molar-refractivity contribution in [2.24, 2.45) is 0 Å². The van der Waals surface area contributed by atoms with Gasteiger partial charge in [-0.25, -0.2) is 4.79 Å². The number of nitrogen functional groups attached to an aromatic ring is 1. The highest BCUT2D eigenvalue weighted by molar-refractivity contribution is 6.31. The van der Waals surface area contributed by atoms with Gasteiger partial charge in [-0.1, -0.05) is 11.6 Å². The van der Waals surface area contributed by atoms with E-state index in [1.807, 2.05) is 0 Å². The molecule has 1 heterocycles. The lowest BCUT2D eigenvalue weighted by Crippen LogP contribution is -2.03. The third kappa shape index (κ3) is 3.14. The van der Waals surface area contributed by atoms with Crippen LogP contribution in [0, 0.1) is 0 Å². The summed E-state index contributed by atoms with van der Waals surface area (Å²) in [6.07, 6.45) is 3.15. The number of hydrogen-bond acceptors (Lipinski definition) is 4. The van der Waals surface area contributed by atoms with E-state index in [-0.39, 0.29) is 17.9 Å². The van der Waals surface area contributed by atoms with E-state index < -0.39 is 5.97 Å². The Bertz CT molecular complexity index is 617. The molecule has 1 aromatic carbocycles. The fraction of sp³-hybridized carbons (Fsp3) is 0.0769. The minimum Gasteiger partial charge on any atom is -0.489 e. The number of pyridine rings is 1. The molecular formula is C13H11ClN2O3. The van der Waals surface area contributed by atoms with Crippen molar-refractivity contribution in [3.63, 3.8) is 0 Å². The molecule has 0 saturated carbocycles. The van der Waals surface area contributed by atoms with Gasteiger partial charge in [0.15, 0.2) is 0 Å². The van der Waals surface area contributed by atoms with Crippen molar-refractivity contribution >= 4 is 23.3 Å². The first-order chi connectivity index (χ1) is 9.08. The van der Waals surface area contributed by atoms with Gasteiger partial charge in [-0.3, -0.25) is 4.98 Å². The minimum absolute atomic E-state index is 0.0503. The quantitative estimate of drug-likeness (QED) is 0.840. The van der Waals surface area contributed by atoms with Crippen LogP contribution in [0.15, 0.2) is 36.7 Å². The van der Waals surface area contributed by atoms with E-state index in [2.05, 4.69) is 4.98 Å². The van der Waals surface area contributed by atoms with Crippen molar-refractivity contribution in [3.8, 4) is 5.75 Å². The van der Waals surface area contributed by atoms with Crippen molar-refractivity contribution in [3.05, 3.63) is 52.8 Å². The summed E-state index contributed by atoms with van der Waals surface area (Å²) in [5.41, 5.74) is 6.62. The Morgan fingerprint density at radius 2 is 2.21 bits per heavy atom. The molecule has 5 nitrogen and oxygen atoms in total. The van der Waals surface area contributed by atoms with Gasteiger partial charge in [0.25, 0.3) is 0 Å². The molecule has 0 aliphatic heterocycles. The van der Waals surface area contributed by atoms with Gasteiger partial charge < -0.3 is 15.6 Å². The fourth-order valence-electron chi connectivity index (χ4n) is 1.51. The Kier molecular flexibility index (Phi) is 3.87. The van der Waals surface area contributed by atoms with Crippen LogP contribution in [0.2, 0.25) is 5.02 Å². The molecule has 2 rings (SSSR count). The van der Waals surface area contributed by atoms with Crippen LogP contribution in [0.4, 0.5) is 5.69 Å². The Labute approximate surface area is 114 Å². The van der Waals surface area contributed by atoms with Crippen LogP contribution in [-0.2, 0) is 6.61 Å². The molecule has 0 aliphatic rings. The zero-order valence-corrected chi connectivity index (χ0v) is 10.6. The number of carboxylic acids is 1. The van der Waals surface area contributed by atoms with Crippen molar-refractivity contribution in [2.75, 3.05) is 5.73 Å². The summed E-state index contributed by atoms with van der Waals surface area (Å²) < 4.78 is 5.50. The minimum atomic E-state index is -1.07. The smallest absolute Gasteiger partial charge is 0.337 e. The van der Waals surface area contributed by atoms with Gasteiger partial charge in [-0.15, -0.1) is 0 Å². The summed E-state index contributed by atoms with van der Waals surface area (Å²) >= 11 is 5.94. The second-order valence-electron chi connectivity index (χ2n) is 3.81. The second-order valence-corrected chi connectivity index (χ2v) is 4.22. The van der Waals surface area contributed by atoms with E-state index in [0.29, 0.717) is 10.8 Å². The number of rotatable bonds is 4. The van der Waals surface area contributed by atoms with Crippen LogP contribution in [0.5, 0.6) is 5.75 Å². The maximum Gasteiger partial charge on any atom is 0.337 e. The molecule has 98 valence electrons. The van der Waals surface area contributed by atoms with Crippen LogP contribution in [-0.4, -0.2) is 16.1 Å². The van der Waals surface area contributed by atoms with E-state index in [1.165, 1.54) is 18.3 Å². The van der Waals surface area contributed by atoms with E-state index >= 15 is 0 Å².